The highest BCUT2D eigenvalue weighted by Gasteiger charge is 2.20. The average Bonchev–Trinajstić information content (AvgIpc) is 3.16. The number of rotatable bonds is 14. The molecule has 8 nitrogen and oxygen atoms in total. The van der Waals surface area contributed by atoms with Crippen LogP contribution in [0.4, 0.5) is 21.7 Å². The molecule has 282 valence electrons. The zero-order valence-corrected chi connectivity index (χ0v) is 29.2. The quantitative estimate of drug-likeness (QED) is 0.0804. The summed E-state index contributed by atoms with van der Waals surface area (Å²) in [4.78, 5) is 8.24. The molecule has 0 spiro atoms. The number of nitrogens with zero attached hydrogens (tertiary/aromatic N) is 2. The van der Waals surface area contributed by atoms with Gasteiger partial charge >= 0.3 is 8.68 Å². The minimum absolute atomic E-state index is 0. The van der Waals surface area contributed by atoms with Gasteiger partial charge in [-0.15, -0.1) is 0 Å². The summed E-state index contributed by atoms with van der Waals surface area (Å²) in [5.74, 6) is 4.95. The fourth-order valence-corrected chi connectivity index (χ4v) is 4.16. The molecule has 0 saturated carbocycles. The molecule has 54 heavy (non-hydrogen) atoms. The highest BCUT2D eigenvalue weighted by Crippen LogP contribution is 2.25. The van der Waals surface area contributed by atoms with E-state index in [0.29, 0.717) is 59.8 Å². The van der Waals surface area contributed by atoms with E-state index in [1.165, 1.54) is 12.1 Å². The third-order valence-corrected chi connectivity index (χ3v) is 6.51. The number of ether oxygens (including phenoxy) is 6. The molecule has 4 aromatic carbocycles. The van der Waals surface area contributed by atoms with Crippen molar-refractivity contribution in [3.63, 3.8) is 0 Å². The van der Waals surface area contributed by atoms with Crippen LogP contribution in [-0.4, -0.2) is 42.6 Å². The molecule has 0 aliphatic rings. The van der Waals surface area contributed by atoms with Crippen molar-refractivity contribution in [2.45, 2.75) is 26.1 Å². The average molecular weight is 753 g/mol. The number of para-hydroxylation sites is 1. The van der Waals surface area contributed by atoms with Gasteiger partial charge in [0.25, 0.3) is 0 Å². The Morgan fingerprint density at radius 2 is 0.889 bits per heavy atom. The molecule has 0 saturated heterocycles. The van der Waals surface area contributed by atoms with E-state index < -0.39 is 7.25 Å². The fraction of sp³-hybridized carbons (Fsp3) is 0.150. The van der Waals surface area contributed by atoms with Crippen molar-refractivity contribution in [1.82, 2.24) is 9.97 Å². The van der Waals surface area contributed by atoms with Crippen molar-refractivity contribution < 1.29 is 52.9 Å². The molecule has 2 atom stereocenters. The van der Waals surface area contributed by atoms with Crippen LogP contribution in [0, 0.1) is 5.82 Å². The second kappa shape index (κ2) is 21.3. The van der Waals surface area contributed by atoms with Crippen LogP contribution in [0.5, 0.6) is 46.3 Å². The molecule has 0 fully saturated rings. The first-order valence-electron chi connectivity index (χ1n) is 17.0. The van der Waals surface area contributed by atoms with Gasteiger partial charge < -0.3 is 45.7 Å². The van der Waals surface area contributed by atoms with Crippen LogP contribution in [0.1, 0.15) is 16.6 Å². The zero-order chi connectivity index (χ0) is 39.5. The van der Waals surface area contributed by atoms with E-state index in [2.05, 4.69) is 9.97 Å². The normalized spacial score (nSPS) is 11.9. The molecular formula is C40H38BF5N2O6. The van der Waals surface area contributed by atoms with Crippen LogP contribution in [0.2, 0.25) is 0 Å². The molecule has 6 aromatic rings. The molecule has 14 heteroatoms. The Kier molecular flexibility index (Phi) is 15.3. The van der Waals surface area contributed by atoms with Gasteiger partial charge in [0.15, 0.2) is 0 Å². The lowest BCUT2D eigenvalue weighted by atomic mass is 10.3. The molecule has 0 radical (unpaired) electrons. The summed E-state index contributed by atoms with van der Waals surface area (Å²) >= 11 is 0. The summed E-state index contributed by atoms with van der Waals surface area (Å²) in [6.45, 7) is 4.67. The standard InChI is InChI=1S/C20H18FNO3.C20H19NO3.BF4/c1-15(24-20-4-2-3-13-22-20)14-23-17-9-11-19(12-10-17)25-18-7-5-16(21)6-8-18;1-16(23-20-9-5-6-14-21-20)15-22-17-10-12-19(13-11-17)24-18-7-3-2-4-8-18;2-1(3,4)5/h2-13,15H,14H2,1H3;2-14,16H,15H2,1H3;/q;;-1/p+1/i;2T;/hT. The maximum absolute atomic E-state index is 12.9. The number of aromatic nitrogens is 2. The van der Waals surface area contributed by atoms with Gasteiger partial charge in [-0.1, -0.05) is 30.3 Å². The summed E-state index contributed by atoms with van der Waals surface area (Å²) in [5.41, 5.74) is 0. The van der Waals surface area contributed by atoms with E-state index in [1.54, 1.807) is 67.0 Å². The van der Waals surface area contributed by atoms with Crippen molar-refractivity contribution in [1.29, 1.82) is 0 Å². The largest absolute Gasteiger partial charge is 1.00 e. The molecule has 6 rings (SSSR count). The molecule has 0 aliphatic heterocycles. The predicted octanol–water partition coefficient (Wildman–Crippen LogP) is 11.0. The first-order valence-corrected chi connectivity index (χ1v) is 16.5. The molecule has 2 unspecified atom stereocenters. The summed E-state index contributed by atoms with van der Waals surface area (Å²) in [6, 6.07) is 38.9. The van der Waals surface area contributed by atoms with Crippen molar-refractivity contribution in [2.75, 3.05) is 13.2 Å². The van der Waals surface area contributed by atoms with Gasteiger partial charge in [0, 0.05) is 24.5 Å². The highest BCUT2D eigenvalue weighted by atomic mass is 19.5. The Labute approximate surface area is 313 Å². The Bertz CT molecular complexity index is 1810. The Balaban J connectivity index is 0.000000264. The van der Waals surface area contributed by atoms with Crippen molar-refractivity contribution in [3.8, 4) is 46.3 Å². The van der Waals surface area contributed by atoms with Crippen LogP contribution < -0.4 is 28.4 Å². The number of halogens is 5. The molecule has 2 heterocycles. The van der Waals surface area contributed by atoms with Crippen LogP contribution in [0.15, 0.2) is 152 Å². The van der Waals surface area contributed by atoms with E-state index in [9.17, 15) is 21.7 Å². The molecule has 0 N–H and O–H groups in total. The van der Waals surface area contributed by atoms with E-state index in [4.69, 9.17) is 29.8 Å². The Morgan fingerprint density at radius 1 is 0.537 bits per heavy atom. The zero-order valence-electron chi connectivity index (χ0n) is 31.2. The van der Waals surface area contributed by atoms with E-state index in [1.807, 2.05) is 80.6 Å². The summed E-state index contributed by atoms with van der Waals surface area (Å²) < 4.78 is 93.5. The maximum atomic E-state index is 12.9. The number of hydrogen-bond acceptors (Lipinski definition) is 8. The van der Waals surface area contributed by atoms with Crippen LogP contribution in [0.3, 0.4) is 0 Å². The van der Waals surface area contributed by atoms with Crippen molar-refractivity contribution in [2.24, 2.45) is 0 Å². The van der Waals surface area contributed by atoms with Gasteiger partial charge in [0.2, 0.25) is 11.8 Å². The first kappa shape index (κ1) is 38.9. The molecular weight excluding hydrogens is 710 g/mol. The van der Waals surface area contributed by atoms with Gasteiger partial charge in [0.1, 0.15) is 65.7 Å². The molecule has 0 bridgehead atoms. The van der Waals surface area contributed by atoms with Crippen LogP contribution in [-0.2, 0) is 0 Å². The SMILES string of the molecule is CC(COc1ccc(Oc2ccc(F)cc2)cc1)Oc1ccccn1.F[B-](F)(F)F.[3H+].[3H]c1ccc(Oc2ccc(OCC(C)Oc3ccccn3)cc2)cc1. The monoisotopic (exact) mass is 752 g/mol. The van der Waals surface area contributed by atoms with Gasteiger partial charge in [-0.25, -0.2) is 14.4 Å². The van der Waals surface area contributed by atoms with Gasteiger partial charge in [-0.3, -0.25) is 0 Å². The predicted molar refractivity (Wildman–Crippen MR) is 197 cm³/mol. The number of pyridine rings is 2. The Hall–Kier alpha value is -6.31. The van der Waals surface area contributed by atoms with Gasteiger partial charge in [-0.2, -0.15) is 0 Å². The summed E-state index contributed by atoms with van der Waals surface area (Å²) in [5, 5.41) is 0. The van der Waals surface area contributed by atoms with E-state index >= 15 is 0 Å². The second-order valence-electron chi connectivity index (χ2n) is 11.1. The third kappa shape index (κ3) is 16.8. The molecule has 2 aromatic heterocycles. The van der Waals surface area contributed by atoms with Gasteiger partial charge in [-0.05, 0) is 111 Å². The highest BCUT2D eigenvalue weighted by molar-refractivity contribution is 6.50. The van der Waals surface area contributed by atoms with Crippen LogP contribution >= 0.6 is 0 Å². The first-order chi connectivity index (χ1) is 26.4. The lowest BCUT2D eigenvalue weighted by Crippen LogP contribution is -2.21. The minimum atomic E-state index is -6.00. The van der Waals surface area contributed by atoms with Crippen molar-refractivity contribution >= 4 is 7.25 Å². The third-order valence-electron chi connectivity index (χ3n) is 6.51. The van der Waals surface area contributed by atoms with Crippen LogP contribution in [0.25, 0.3) is 0 Å². The molecule has 0 amide bonds. The fourth-order valence-electron chi connectivity index (χ4n) is 4.16. The Morgan fingerprint density at radius 3 is 1.26 bits per heavy atom. The summed E-state index contributed by atoms with van der Waals surface area (Å²) in [7, 11) is -6.00. The number of hydrogen-bond donors (Lipinski definition) is 0. The molecule has 0 aliphatic carbocycles. The lowest BCUT2D eigenvalue weighted by molar-refractivity contribution is 0.138. The smallest absolute Gasteiger partial charge is 0.490 e. The maximum Gasteiger partial charge on any atom is 1.00 e. The van der Waals surface area contributed by atoms with E-state index in [-0.39, 0.29) is 19.5 Å². The van der Waals surface area contributed by atoms with Gasteiger partial charge in [0.05, 0.1) is 1.37 Å². The topological polar surface area (TPSA) is 81.2 Å². The number of benzene rings is 4. The second-order valence-corrected chi connectivity index (χ2v) is 11.1. The minimum Gasteiger partial charge on any atom is -0.490 e. The lowest BCUT2D eigenvalue weighted by Gasteiger charge is -2.15. The summed E-state index contributed by atoms with van der Waals surface area (Å²) in [6.07, 6.45) is 3.13. The van der Waals surface area contributed by atoms with Crippen molar-refractivity contribution in [3.05, 3.63) is 158 Å². The van der Waals surface area contributed by atoms with E-state index in [0.717, 1.165) is 5.75 Å².